The molecule has 4 atom stereocenters. The van der Waals surface area contributed by atoms with Crippen LogP contribution in [0.25, 0.3) is 0 Å². The van der Waals surface area contributed by atoms with Crippen LogP contribution in [0.5, 0.6) is 0 Å². The lowest BCUT2D eigenvalue weighted by atomic mass is 9.54. The average Bonchev–Trinajstić information content (AvgIpc) is 2.89. The first-order valence-corrected chi connectivity index (χ1v) is 10.1. The topological polar surface area (TPSA) is 17.1 Å². The third-order valence-electron chi connectivity index (χ3n) is 7.73. The van der Waals surface area contributed by atoms with Gasteiger partial charge in [-0.1, -0.05) is 43.1 Å². The van der Waals surface area contributed by atoms with Gasteiger partial charge in [0.05, 0.1) is 0 Å². The van der Waals surface area contributed by atoms with Crippen molar-refractivity contribution < 1.29 is 4.79 Å². The Hall–Kier alpha value is -0.850. The van der Waals surface area contributed by atoms with Crippen LogP contribution < -0.4 is 0 Å². The largest absolute Gasteiger partial charge is 0.299 e. The summed E-state index contributed by atoms with van der Waals surface area (Å²) in [6, 6.07) is 0. The Morgan fingerprint density at radius 2 is 2.00 bits per heavy atom. The zero-order valence-corrected chi connectivity index (χ0v) is 15.0. The van der Waals surface area contributed by atoms with Crippen LogP contribution in [0.1, 0.15) is 84.5 Å². The van der Waals surface area contributed by atoms with Crippen LogP contribution >= 0.6 is 0 Å². The maximum Gasteiger partial charge on any atom is 0.137 e. The molecule has 2 fully saturated rings. The number of ketones is 1. The van der Waals surface area contributed by atoms with Gasteiger partial charge in [-0.2, -0.15) is 0 Å². The van der Waals surface area contributed by atoms with Crippen molar-refractivity contribution in [3.63, 3.8) is 0 Å². The second-order valence-corrected chi connectivity index (χ2v) is 8.77. The Bertz CT molecular complexity index is 567. The maximum absolute atomic E-state index is 11.8. The molecule has 0 spiro atoms. The van der Waals surface area contributed by atoms with Gasteiger partial charge in [-0.3, -0.25) is 4.79 Å². The Kier molecular flexibility index (Phi) is 4.02. The van der Waals surface area contributed by atoms with E-state index in [0.717, 1.165) is 37.0 Å². The third-order valence-corrected chi connectivity index (χ3v) is 7.73. The lowest BCUT2D eigenvalue weighted by Gasteiger charge is -2.51. The lowest BCUT2D eigenvalue weighted by molar-refractivity contribution is -0.119. The van der Waals surface area contributed by atoms with Gasteiger partial charge in [-0.15, -0.1) is 0 Å². The molecule has 0 saturated heterocycles. The molecule has 4 aliphatic rings. The highest BCUT2D eigenvalue weighted by atomic mass is 16.1. The van der Waals surface area contributed by atoms with Gasteiger partial charge in [0, 0.05) is 12.8 Å². The van der Waals surface area contributed by atoms with Crippen molar-refractivity contribution in [2.45, 2.75) is 84.5 Å². The number of carbonyl (C=O) groups is 1. The summed E-state index contributed by atoms with van der Waals surface area (Å²) >= 11 is 0. The molecule has 0 bridgehead atoms. The van der Waals surface area contributed by atoms with E-state index in [0.29, 0.717) is 11.2 Å². The average molecular weight is 312 g/mol. The summed E-state index contributed by atoms with van der Waals surface area (Å²) in [6.07, 6.45) is 16.0. The molecule has 4 aliphatic carbocycles. The molecule has 4 unspecified atom stereocenters. The summed E-state index contributed by atoms with van der Waals surface area (Å²) < 4.78 is 0. The molecule has 23 heavy (non-hydrogen) atoms. The second kappa shape index (κ2) is 5.90. The van der Waals surface area contributed by atoms with Gasteiger partial charge in [-0.05, 0) is 74.5 Å². The highest BCUT2D eigenvalue weighted by Gasteiger charge is 2.52. The number of carbonyl (C=O) groups excluding carboxylic acids is 1. The minimum atomic E-state index is 0.494. The summed E-state index contributed by atoms with van der Waals surface area (Å²) in [6.45, 7) is 4.87. The number of allylic oxidation sites excluding steroid dienone is 4. The van der Waals surface area contributed by atoms with Crippen LogP contribution in [0, 0.1) is 23.2 Å². The molecule has 0 aliphatic heterocycles. The van der Waals surface area contributed by atoms with E-state index in [1.807, 2.05) is 0 Å². The fourth-order valence-corrected chi connectivity index (χ4v) is 6.55. The monoisotopic (exact) mass is 312 g/mol. The van der Waals surface area contributed by atoms with Gasteiger partial charge in [-0.25, -0.2) is 0 Å². The fourth-order valence-electron chi connectivity index (χ4n) is 6.55. The molecule has 0 heterocycles. The molecule has 0 amide bonds. The normalized spacial score (nSPS) is 41.7. The molecule has 1 heteroatoms. The van der Waals surface area contributed by atoms with E-state index in [1.54, 1.807) is 16.7 Å². The van der Waals surface area contributed by atoms with E-state index >= 15 is 0 Å². The Balaban J connectivity index is 1.60. The molecule has 0 aromatic carbocycles. The predicted molar refractivity (Wildman–Crippen MR) is 95.2 cm³/mol. The molecule has 126 valence electrons. The SMILES string of the molecule is CCC/C=C1/CCC2C3CCC4=C(CCC(=O)C4)C3CCC12C. The molecule has 2 saturated carbocycles. The van der Waals surface area contributed by atoms with E-state index in [-0.39, 0.29) is 0 Å². The van der Waals surface area contributed by atoms with E-state index in [1.165, 1.54) is 51.4 Å². The summed E-state index contributed by atoms with van der Waals surface area (Å²) in [7, 11) is 0. The number of unbranched alkanes of at least 4 members (excludes halogenated alkanes) is 1. The molecular formula is C22H32O. The van der Waals surface area contributed by atoms with E-state index < -0.39 is 0 Å². The van der Waals surface area contributed by atoms with Crippen LogP contribution in [0.3, 0.4) is 0 Å². The number of fused-ring (bicyclic) bond motifs is 4. The van der Waals surface area contributed by atoms with E-state index in [9.17, 15) is 4.79 Å². The predicted octanol–water partition coefficient (Wildman–Crippen LogP) is 6.00. The molecule has 0 N–H and O–H groups in total. The van der Waals surface area contributed by atoms with Crippen molar-refractivity contribution in [1.29, 1.82) is 0 Å². The first-order chi connectivity index (χ1) is 11.1. The zero-order valence-electron chi connectivity index (χ0n) is 15.0. The first kappa shape index (κ1) is 15.7. The third kappa shape index (κ3) is 2.46. The van der Waals surface area contributed by atoms with Crippen molar-refractivity contribution in [2.24, 2.45) is 23.2 Å². The van der Waals surface area contributed by atoms with Crippen LogP contribution in [0.4, 0.5) is 0 Å². The highest BCUT2D eigenvalue weighted by molar-refractivity contribution is 5.82. The standard InChI is InChI=1S/C22H32O/c1-3-4-5-16-7-11-21-20-9-6-15-14-17(23)8-10-18(15)19(20)12-13-22(16,21)2/h5,19-21H,3-4,6-14H2,1-2H3/b16-5-. The van der Waals surface area contributed by atoms with Crippen molar-refractivity contribution in [1.82, 2.24) is 0 Å². The van der Waals surface area contributed by atoms with Gasteiger partial charge in [0.15, 0.2) is 0 Å². The highest BCUT2D eigenvalue weighted by Crippen LogP contribution is 2.62. The molecule has 0 radical (unpaired) electrons. The Morgan fingerprint density at radius 1 is 1.13 bits per heavy atom. The first-order valence-electron chi connectivity index (χ1n) is 10.1. The number of Topliss-reactive ketones (excluding diaryl/α,β-unsaturated/α-hetero) is 1. The smallest absolute Gasteiger partial charge is 0.137 e. The van der Waals surface area contributed by atoms with Crippen molar-refractivity contribution >= 4 is 5.78 Å². The summed E-state index contributed by atoms with van der Waals surface area (Å²) in [5, 5.41) is 0. The molecule has 4 rings (SSSR count). The number of rotatable bonds is 2. The Morgan fingerprint density at radius 3 is 2.83 bits per heavy atom. The summed E-state index contributed by atoms with van der Waals surface area (Å²) in [4.78, 5) is 11.8. The second-order valence-electron chi connectivity index (χ2n) is 8.77. The lowest BCUT2D eigenvalue weighted by Crippen LogP contribution is -2.42. The minimum absolute atomic E-state index is 0.494. The van der Waals surface area contributed by atoms with Crippen LogP contribution in [-0.4, -0.2) is 5.78 Å². The van der Waals surface area contributed by atoms with Gasteiger partial charge in [0.1, 0.15) is 5.78 Å². The molecule has 0 aromatic rings. The van der Waals surface area contributed by atoms with E-state index in [4.69, 9.17) is 0 Å². The van der Waals surface area contributed by atoms with Crippen LogP contribution in [0.15, 0.2) is 22.8 Å². The van der Waals surface area contributed by atoms with Gasteiger partial charge in [0.25, 0.3) is 0 Å². The molecule has 0 aromatic heterocycles. The number of hydrogen-bond acceptors (Lipinski definition) is 1. The maximum atomic E-state index is 11.8. The summed E-state index contributed by atoms with van der Waals surface area (Å²) in [5.41, 5.74) is 5.60. The van der Waals surface area contributed by atoms with Gasteiger partial charge < -0.3 is 0 Å². The zero-order chi connectivity index (χ0) is 16.0. The number of hydrogen-bond donors (Lipinski definition) is 0. The molecule has 1 nitrogen and oxygen atoms in total. The van der Waals surface area contributed by atoms with Crippen molar-refractivity contribution in [3.8, 4) is 0 Å². The fraction of sp³-hybridized carbons (Fsp3) is 0.773. The van der Waals surface area contributed by atoms with Crippen molar-refractivity contribution in [3.05, 3.63) is 22.8 Å². The van der Waals surface area contributed by atoms with Crippen LogP contribution in [-0.2, 0) is 4.79 Å². The van der Waals surface area contributed by atoms with Crippen molar-refractivity contribution in [2.75, 3.05) is 0 Å². The van der Waals surface area contributed by atoms with E-state index in [2.05, 4.69) is 19.9 Å². The summed E-state index contributed by atoms with van der Waals surface area (Å²) in [5.74, 6) is 3.15. The Labute approximate surface area is 141 Å². The quantitative estimate of drug-likeness (QED) is 0.572. The minimum Gasteiger partial charge on any atom is -0.299 e. The van der Waals surface area contributed by atoms with Crippen LogP contribution in [0.2, 0.25) is 0 Å². The van der Waals surface area contributed by atoms with Gasteiger partial charge in [0.2, 0.25) is 0 Å². The molecular weight excluding hydrogens is 280 g/mol. The van der Waals surface area contributed by atoms with Gasteiger partial charge >= 0.3 is 0 Å².